The first kappa shape index (κ1) is 11.7. The summed E-state index contributed by atoms with van der Waals surface area (Å²) in [7, 11) is 0. The number of anilines is 2. The summed E-state index contributed by atoms with van der Waals surface area (Å²) in [5, 5.41) is 0. The van der Waals surface area contributed by atoms with Gasteiger partial charge in [-0.15, -0.1) is 0 Å². The van der Waals surface area contributed by atoms with Crippen LogP contribution in [0.5, 0.6) is 0 Å². The maximum Gasteiger partial charge on any atom is 0.148 e. The molecule has 1 saturated carbocycles. The number of aromatic nitrogens is 2. The van der Waals surface area contributed by atoms with E-state index in [1.165, 1.54) is 19.3 Å². The van der Waals surface area contributed by atoms with Crippen molar-refractivity contribution in [3.63, 3.8) is 0 Å². The second-order valence-electron chi connectivity index (χ2n) is 5.38. The van der Waals surface area contributed by atoms with Crippen molar-refractivity contribution in [1.29, 1.82) is 0 Å². The lowest BCUT2D eigenvalue weighted by molar-refractivity contribution is 0.494. The number of hydrazine groups is 1. The maximum absolute atomic E-state index is 5.53. The predicted octanol–water partition coefficient (Wildman–Crippen LogP) is 1.56. The zero-order valence-corrected chi connectivity index (χ0v) is 10.9. The molecule has 1 saturated heterocycles. The Hall–Kier alpha value is -1.36. The van der Waals surface area contributed by atoms with Crippen molar-refractivity contribution in [2.75, 3.05) is 23.4 Å². The summed E-state index contributed by atoms with van der Waals surface area (Å²) in [5.74, 6) is 9.12. The monoisotopic (exact) mass is 247 g/mol. The van der Waals surface area contributed by atoms with Gasteiger partial charge in [-0.3, -0.25) is 0 Å². The van der Waals surface area contributed by atoms with Crippen molar-refractivity contribution in [3.05, 3.63) is 11.9 Å². The van der Waals surface area contributed by atoms with Gasteiger partial charge in [0.05, 0.1) is 0 Å². The normalized spacial score (nSPS) is 26.4. The number of nitrogens with two attached hydrogens (primary N) is 1. The van der Waals surface area contributed by atoms with E-state index >= 15 is 0 Å². The molecule has 5 nitrogen and oxygen atoms in total. The molecule has 2 heterocycles. The highest BCUT2D eigenvalue weighted by molar-refractivity contribution is 5.58. The van der Waals surface area contributed by atoms with Crippen molar-refractivity contribution in [1.82, 2.24) is 9.97 Å². The summed E-state index contributed by atoms with van der Waals surface area (Å²) in [6, 6.07) is 0. The van der Waals surface area contributed by atoms with Crippen LogP contribution in [0.3, 0.4) is 0 Å². The highest BCUT2D eigenvalue weighted by Crippen LogP contribution is 2.40. The van der Waals surface area contributed by atoms with Crippen LogP contribution in [0.1, 0.15) is 31.7 Å². The summed E-state index contributed by atoms with van der Waals surface area (Å²) in [6.07, 6.45) is 6.69. The Balaban J connectivity index is 1.88. The predicted molar refractivity (Wildman–Crippen MR) is 72.3 cm³/mol. The number of fused-ring (bicyclic) bond motifs is 1. The van der Waals surface area contributed by atoms with Gasteiger partial charge in [-0.05, 0) is 31.1 Å². The molecule has 1 aliphatic heterocycles. The van der Waals surface area contributed by atoms with Gasteiger partial charge < -0.3 is 10.3 Å². The lowest BCUT2D eigenvalue weighted by Gasteiger charge is -2.22. The number of nitrogen functional groups attached to an aromatic ring is 1. The maximum atomic E-state index is 5.53. The van der Waals surface area contributed by atoms with Gasteiger partial charge in [0.2, 0.25) is 0 Å². The molecule has 2 fully saturated rings. The third kappa shape index (κ3) is 1.82. The van der Waals surface area contributed by atoms with Crippen LogP contribution in [-0.2, 0) is 6.42 Å². The molecular formula is C13H21N5. The quantitative estimate of drug-likeness (QED) is 0.627. The zero-order valence-electron chi connectivity index (χ0n) is 10.9. The van der Waals surface area contributed by atoms with Crippen LogP contribution in [0.2, 0.25) is 0 Å². The second-order valence-corrected chi connectivity index (χ2v) is 5.38. The number of nitrogens with one attached hydrogen (secondary N) is 1. The fourth-order valence-corrected chi connectivity index (χ4v) is 3.53. The summed E-state index contributed by atoms with van der Waals surface area (Å²) < 4.78 is 0. The van der Waals surface area contributed by atoms with Crippen LogP contribution >= 0.6 is 0 Å². The largest absolute Gasteiger partial charge is 0.356 e. The fraction of sp³-hybridized carbons (Fsp3) is 0.692. The topological polar surface area (TPSA) is 67.1 Å². The van der Waals surface area contributed by atoms with Gasteiger partial charge in [0.15, 0.2) is 0 Å². The Bertz CT molecular complexity index is 421. The smallest absolute Gasteiger partial charge is 0.148 e. The Kier molecular flexibility index (Phi) is 3.07. The molecule has 1 aromatic rings. The minimum absolute atomic E-state index is 0.763. The second kappa shape index (κ2) is 4.72. The van der Waals surface area contributed by atoms with Crippen molar-refractivity contribution in [2.24, 2.45) is 17.7 Å². The van der Waals surface area contributed by atoms with E-state index in [4.69, 9.17) is 5.84 Å². The van der Waals surface area contributed by atoms with Gasteiger partial charge in [0.1, 0.15) is 18.0 Å². The third-order valence-electron chi connectivity index (χ3n) is 4.44. The van der Waals surface area contributed by atoms with E-state index in [1.54, 1.807) is 6.33 Å². The minimum Gasteiger partial charge on any atom is -0.356 e. The van der Waals surface area contributed by atoms with Crippen molar-refractivity contribution in [3.8, 4) is 0 Å². The summed E-state index contributed by atoms with van der Waals surface area (Å²) in [4.78, 5) is 11.1. The molecule has 2 unspecified atom stereocenters. The van der Waals surface area contributed by atoms with Gasteiger partial charge in [-0.2, -0.15) is 0 Å². The van der Waals surface area contributed by atoms with Crippen LogP contribution in [0.25, 0.3) is 0 Å². The van der Waals surface area contributed by atoms with Crippen LogP contribution in [0, 0.1) is 11.8 Å². The van der Waals surface area contributed by atoms with Gasteiger partial charge in [-0.1, -0.05) is 13.3 Å². The van der Waals surface area contributed by atoms with Gasteiger partial charge in [0.25, 0.3) is 0 Å². The average Bonchev–Trinajstić information content (AvgIpc) is 2.98. The molecule has 3 N–H and O–H groups in total. The van der Waals surface area contributed by atoms with E-state index in [-0.39, 0.29) is 0 Å². The standard InChI is InChI=1S/C13H21N5/c1-2-11-12(17-14)15-8-16-13(11)18-6-9-4-3-5-10(9)7-18/h8-10H,2-7,14H2,1H3,(H,15,16,17). The first-order valence-electron chi connectivity index (χ1n) is 6.89. The van der Waals surface area contributed by atoms with E-state index in [9.17, 15) is 0 Å². The fourth-order valence-electron chi connectivity index (χ4n) is 3.53. The lowest BCUT2D eigenvalue weighted by atomic mass is 10.0. The molecule has 98 valence electrons. The Morgan fingerprint density at radius 1 is 1.33 bits per heavy atom. The summed E-state index contributed by atoms with van der Waals surface area (Å²) in [5.41, 5.74) is 3.82. The van der Waals surface area contributed by atoms with E-state index in [0.29, 0.717) is 0 Å². The molecule has 18 heavy (non-hydrogen) atoms. The molecule has 0 aromatic carbocycles. The van der Waals surface area contributed by atoms with Crippen molar-refractivity contribution < 1.29 is 0 Å². The van der Waals surface area contributed by atoms with Gasteiger partial charge in [-0.25, -0.2) is 15.8 Å². The number of hydrogen-bond acceptors (Lipinski definition) is 5. The molecule has 2 aliphatic rings. The van der Waals surface area contributed by atoms with Gasteiger partial charge in [0, 0.05) is 18.7 Å². The number of rotatable bonds is 3. The molecule has 0 amide bonds. The molecule has 0 spiro atoms. The number of nitrogens with zero attached hydrogens (tertiary/aromatic N) is 3. The van der Waals surface area contributed by atoms with E-state index < -0.39 is 0 Å². The molecule has 3 rings (SSSR count). The third-order valence-corrected chi connectivity index (χ3v) is 4.44. The minimum atomic E-state index is 0.763. The Morgan fingerprint density at radius 3 is 2.67 bits per heavy atom. The molecule has 1 aliphatic carbocycles. The average molecular weight is 247 g/mol. The van der Waals surface area contributed by atoms with E-state index in [2.05, 4.69) is 27.2 Å². The highest BCUT2D eigenvalue weighted by Gasteiger charge is 2.37. The first-order valence-corrected chi connectivity index (χ1v) is 6.89. The van der Waals surface area contributed by atoms with Gasteiger partial charge >= 0.3 is 0 Å². The Labute approximate surface area is 108 Å². The van der Waals surface area contributed by atoms with Crippen molar-refractivity contribution >= 4 is 11.6 Å². The lowest BCUT2D eigenvalue weighted by Crippen LogP contribution is -2.24. The first-order chi connectivity index (χ1) is 8.83. The SMILES string of the molecule is CCc1c(NN)ncnc1N1CC2CCCC2C1. The molecule has 1 aromatic heterocycles. The zero-order chi connectivity index (χ0) is 12.5. The highest BCUT2D eigenvalue weighted by atomic mass is 15.3. The van der Waals surface area contributed by atoms with E-state index in [0.717, 1.165) is 48.5 Å². The molecule has 2 atom stereocenters. The van der Waals surface area contributed by atoms with Crippen LogP contribution in [0.15, 0.2) is 6.33 Å². The van der Waals surface area contributed by atoms with E-state index in [1.807, 2.05) is 0 Å². The summed E-state index contributed by atoms with van der Waals surface area (Å²) in [6.45, 7) is 4.43. The van der Waals surface area contributed by atoms with Crippen molar-refractivity contribution in [2.45, 2.75) is 32.6 Å². The Morgan fingerprint density at radius 2 is 2.06 bits per heavy atom. The molecular weight excluding hydrogens is 226 g/mol. The summed E-state index contributed by atoms with van der Waals surface area (Å²) >= 11 is 0. The van der Waals surface area contributed by atoms with Crippen LogP contribution < -0.4 is 16.2 Å². The molecule has 0 bridgehead atoms. The number of hydrogen-bond donors (Lipinski definition) is 2. The van der Waals surface area contributed by atoms with Crippen LogP contribution in [-0.4, -0.2) is 23.1 Å². The molecule has 0 radical (unpaired) electrons. The molecule has 5 heteroatoms. The van der Waals surface area contributed by atoms with Crippen LogP contribution in [0.4, 0.5) is 11.6 Å².